The molecule has 0 aliphatic carbocycles. The molecule has 160 valence electrons. The van der Waals surface area contributed by atoms with Gasteiger partial charge in [0.1, 0.15) is 0 Å². The first kappa shape index (κ1) is 23.5. The van der Waals surface area contributed by atoms with Crippen LogP contribution >= 0.6 is 24.2 Å². The summed E-state index contributed by atoms with van der Waals surface area (Å²) in [6, 6.07) is 0. The monoisotopic (exact) mass is 451 g/mol. The summed E-state index contributed by atoms with van der Waals surface area (Å²) in [5.41, 5.74) is 0.229. The van der Waals surface area contributed by atoms with Crippen LogP contribution in [-0.2, 0) is 22.7 Å². The fraction of sp³-hybridized carbons (Fsp3) is 0.500. The van der Waals surface area contributed by atoms with Crippen LogP contribution in [0.3, 0.4) is 0 Å². The summed E-state index contributed by atoms with van der Waals surface area (Å²) in [6.45, 7) is 12.2. The van der Waals surface area contributed by atoms with Gasteiger partial charge in [0.15, 0.2) is 16.3 Å². The number of carbonyl (C=O) groups excluding carboxylic acids is 1. The first-order chi connectivity index (χ1) is 14.1. The first-order valence-electron chi connectivity index (χ1n) is 8.99. The maximum absolute atomic E-state index is 13.2. The van der Waals surface area contributed by atoms with E-state index in [0.29, 0.717) is 18.0 Å². The molecular weight excluding hydrogens is 430 g/mol. The third-order valence-electron chi connectivity index (χ3n) is 4.38. The van der Waals surface area contributed by atoms with E-state index in [9.17, 15) is 9.59 Å². The lowest BCUT2D eigenvalue weighted by Crippen LogP contribution is -2.44. The number of fused-ring (bicyclic) bond motifs is 1. The van der Waals surface area contributed by atoms with Crippen molar-refractivity contribution in [1.82, 2.24) is 24.4 Å². The molecule has 3 rings (SSSR count). The van der Waals surface area contributed by atoms with Crippen molar-refractivity contribution >= 4 is 47.3 Å². The normalized spacial score (nSPS) is 13.2. The summed E-state index contributed by atoms with van der Waals surface area (Å²) in [7, 11) is 1.29. The predicted octanol–water partition coefficient (Wildman–Crippen LogP) is 0.590. The summed E-state index contributed by atoms with van der Waals surface area (Å²) in [5.74, 6) is 6.02. The average molecular weight is 452 g/mol. The molecule has 30 heavy (non-hydrogen) atoms. The molecule has 1 aliphatic heterocycles. The SMILES string of the molecule is Cl.[C-]#[N+]Cn1c(SCC(=O)OC)nc2nc(N3CCNCC3)n(CC#CC)c2c1=O. The van der Waals surface area contributed by atoms with Crippen LogP contribution in [0.4, 0.5) is 5.95 Å². The number of halogens is 1. The zero-order valence-corrected chi connectivity index (χ0v) is 18.3. The smallest absolute Gasteiger partial charge is 0.316 e. The Bertz CT molecular complexity index is 1070. The molecule has 2 aromatic rings. The van der Waals surface area contributed by atoms with Gasteiger partial charge in [0.2, 0.25) is 5.95 Å². The fourth-order valence-electron chi connectivity index (χ4n) is 2.99. The van der Waals surface area contributed by atoms with Crippen molar-refractivity contribution in [2.45, 2.75) is 25.3 Å². The number of ether oxygens (including phenoxy) is 1. The van der Waals surface area contributed by atoms with Gasteiger partial charge in [-0.2, -0.15) is 4.98 Å². The van der Waals surface area contributed by atoms with Gasteiger partial charge in [0, 0.05) is 26.2 Å². The van der Waals surface area contributed by atoms with Crippen molar-refractivity contribution in [1.29, 1.82) is 0 Å². The van der Waals surface area contributed by atoms with E-state index in [1.54, 1.807) is 11.5 Å². The number of carbonyl (C=O) groups is 1. The number of piperazine rings is 1. The molecule has 0 unspecified atom stereocenters. The molecule has 0 amide bonds. The number of imidazole rings is 1. The Balaban J connectivity index is 0.00000320. The largest absolute Gasteiger partial charge is 0.468 e. The fourth-order valence-corrected chi connectivity index (χ4v) is 3.80. The Morgan fingerprint density at radius 3 is 2.70 bits per heavy atom. The highest BCUT2D eigenvalue weighted by molar-refractivity contribution is 7.99. The molecule has 2 aromatic heterocycles. The Kier molecular flexibility index (Phi) is 8.54. The molecule has 0 bridgehead atoms. The van der Waals surface area contributed by atoms with Crippen LogP contribution in [0, 0.1) is 18.4 Å². The number of thioether (sulfide) groups is 1. The number of hydrogen-bond donors (Lipinski definition) is 1. The Morgan fingerprint density at radius 2 is 2.07 bits per heavy atom. The lowest BCUT2D eigenvalue weighted by molar-refractivity contribution is -0.137. The number of hydrogen-bond acceptors (Lipinski definition) is 8. The van der Waals surface area contributed by atoms with Crippen LogP contribution in [0.1, 0.15) is 6.92 Å². The molecule has 0 spiro atoms. The minimum absolute atomic E-state index is 0. The molecule has 0 saturated carbocycles. The van der Waals surface area contributed by atoms with E-state index >= 15 is 0 Å². The molecule has 1 N–H and O–H groups in total. The van der Waals surface area contributed by atoms with E-state index in [2.05, 4.69) is 41.6 Å². The molecule has 1 fully saturated rings. The molecule has 1 aliphatic rings. The highest BCUT2D eigenvalue weighted by Crippen LogP contribution is 2.23. The number of methoxy groups -OCH3 is 1. The van der Waals surface area contributed by atoms with Crippen molar-refractivity contribution < 1.29 is 9.53 Å². The Morgan fingerprint density at radius 1 is 1.33 bits per heavy atom. The van der Waals surface area contributed by atoms with Crippen LogP contribution < -0.4 is 15.8 Å². The summed E-state index contributed by atoms with van der Waals surface area (Å²) < 4.78 is 7.68. The molecule has 3 heterocycles. The van der Waals surface area contributed by atoms with Crippen molar-refractivity contribution in [2.75, 3.05) is 43.9 Å². The van der Waals surface area contributed by atoms with Crippen molar-refractivity contribution in [3.05, 3.63) is 21.8 Å². The third kappa shape index (κ3) is 4.87. The van der Waals surface area contributed by atoms with Crippen LogP contribution in [0.15, 0.2) is 9.95 Å². The van der Waals surface area contributed by atoms with Crippen molar-refractivity contribution in [3.8, 4) is 11.8 Å². The molecule has 12 heteroatoms. The lowest BCUT2D eigenvalue weighted by Gasteiger charge is -2.28. The number of nitrogens with one attached hydrogen (secondary N) is 1. The summed E-state index contributed by atoms with van der Waals surface area (Å²) >= 11 is 1.05. The van der Waals surface area contributed by atoms with E-state index in [-0.39, 0.29) is 41.2 Å². The van der Waals surface area contributed by atoms with Gasteiger partial charge in [-0.15, -0.1) is 18.3 Å². The number of nitrogens with zero attached hydrogens (tertiary/aromatic N) is 6. The van der Waals surface area contributed by atoms with Gasteiger partial charge in [-0.1, -0.05) is 17.7 Å². The standard InChI is InChI=1S/C18H21N7O3S.ClH/c1-4-5-8-24-14-15(21-17(24)23-9-6-20-7-10-23)22-18(29-11-13(26)28-3)25(12-19-2)16(14)27;/h20H,6-12H2,1,3H3;1H. The van der Waals surface area contributed by atoms with Gasteiger partial charge in [-0.3, -0.25) is 19.0 Å². The zero-order valence-electron chi connectivity index (χ0n) is 16.7. The van der Waals surface area contributed by atoms with Crippen molar-refractivity contribution in [2.24, 2.45) is 0 Å². The number of rotatable bonds is 6. The minimum atomic E-state index is -0.441. The summed E-state index contributed by atoms with van der Waals surface area (Å²) in [6.07, 6.45) is 0. The quantitative estimate of drug-likeness (QED) is 0.224. The van der Waals surface area contributed by atoms with Gasteiger partial charge in [-0.05, 0) is 6.92 Å². The second-order valence-corrected chi connectivity index (χ2v) is 7.07. The van der Waals surface area contributed by atoms with Gasteiger partial charge in [0.05, 0.1) is 19.4 Å². The third-order valence-corrected chi connectivity index (χ3v) is 5.33. The molecule has 1 saturated heterocycles. The van der Waals surface area contributed by atoms with Gasteiger partial charge < -0.3 is 15.0 Å². The number of esters is 1. The topological polar surface area (TPSA) is 98.6 Å². The molecule has 10 nitrogen and oxygen atoms in total. The van der Waals surface area contributed by atoms with E-state index < -0.39 is 5.97 Å². The molecule has 0 radical (unpaired) electrons. The molecule has 0 aromatic carbocycles. The summed E-state index contributed by atoms with van der Waals surface area (Å²) in [5, 5.41) is 3.56. The highest BCUT2D eigenvalue weighted by Gasteiger charge is 2.24. The second-order valence-electron chi connectivity index (χ2n) is 6.13. The predicted molar refractivity (Wildman–Crippen MR) is 117 cm³/mol. The highest BCUT2D eigenvalue weighted by atomic mass is 35.5. The maximum atomic E-state index is 13.2. The van der Waals surface area contributed by atoms with E-state index in [0.717, 1.165) is 37.9 Å². The second kappa shape index (κ2) is 10.9. The number of aromatic nitrogens is 4. The van der Waals surface area contributed by atoms with E-state index in [1.165, 1.54) is 11.7 Å². The lowest BCUT2D eigenvalue weighted by atomic mass is 10.4. The van der Waals surface area contributed by atoms with Gasteiger partial charge in [-0.25, -0.2) is 16.1 Å². The van der Waals surface area contributed by atoms with E-state index in [4.69, 9.17) is 6.57 Å². The first-order valence-corrected chi connectivity index (χ1v) is 9.98. The van der Waals surface area contributed by atoms with Crippen LogP contribution in [0.2, 0.25) is 0 Å². The molecule has 0 atom stereocenters. The van der Waals surface area contributed by atoms with Gasteiger partial charge >= 0.3 is 5.97 Å². The van der Waals surface area contributed by atoms with Crippen LogP contribution in [0.25, 0.3) is 16.0 Å². The maximum Gasteiger partial charge on any atom is 0.316 e. The Hall–Kier alpha value is -2.73. The van der Waals surface area contributed by atoms with Crippen LogP contribution in [0.5, 0.6) is 0 Å². The van der Waals surface area contributed by atoms with Crippen molar-refractivity contribution in [3.63, 3.8) is 0 Å². The number of anilines is 1. The summed E-state index contributed by atoms with van der Waals surface area (Å²) in [4.78, 5) is 39.3. The van der Waals surface area contributed by atoms with E-state index in [1.807, 2.05) is 0 Å². The molecular formula is C18H22ClN7O3S. The zero-order chi connectivity index (χ0) is 20.8. The minimum Gasteiger partial charge on any atom is -0.468 e. The average Bonchev–Trinajstić information content (AvgIpc) is 3.11. The Labute approximate surface area is 184 Å². The van der Waals surface area contributed by atoms with Gasteiger partial charge in [0.25, 0.3) is 12.2 Å². The van der Waals surface area contributed by atoms with Crippen LogP contribution in [-0.4, -0.2) is 64.1 Å².